The monoisotopic (exact) mass is 157 g/mol. The van der Waals surface area contributed by atoms with Crippen LogP contribution in [0.15, 0.2) is 24.3 Å². The molecule has 0 radical (unpaired) electrons. The fourth-order valence-electron chi connectivity index (χ4n) is 0.874. The summed E-state index contributed by atoms with van der Waals surface area (Å²) in [6.45, 7) is 0. The molecule has 0 heterocycles. The molecule has 1 nitrogen and oxygen atoms in total. The van der Waals surface area contributed by atoms with E-state index in [1.54, 1.807) is 12.1 Å². The lowest BCUT2D eigenvalue weighted by Gasteiger charge is -2.02. The van der Waals surface area contributed by atoms with Gasteiger partial charge in [-0.2, -0.15) is 0 Å². The van der Waals surface area contributed by atoms with Crippen molar-refractivity contribution in [2.24, 2.45) is 5.73 Å². The minimum Gasteiger partial charge on any atom is -0.301 e. The van der Waals surface area contributed by atoms with Crippen molar-refractivity contribution in [2.45, 2.75) is 12.7 Å². The zero-order chi connectivity index (χ0) is 8.27. The van der Waals surface area contributed by atoms with E-state index in [1.165, 1.54) is 12.1 Å². The van der Waals surface area contributed by atoms with Crippen LogP contribution in [0.3, 0.4) is 0 Å². The van der Waals surface area contributed by atoms with Gasteiger partial charge < -0.3 is 5.73 Å². The van der Waals surface area contributed by atoms with Gasteiger partial charge in [-0.3, -0.25) is 0 Å². The van der Waals surface area contributed by atoms with Crippen LogP contribution in [0.4, 0.5) is 8.78 Å². The van der Waals surface area contributed by atoms with Gasteiger partial charge in [0.1, 0.15) is 5.82 Å². The number of rotatable bonds is 2. The predicted octanol–water partition coefficient (Wildman–Crippen LogP) is 1.62. The molecule has 0 saturated heterocycles. The van der Waals surface area contributed by atoms with Crippen LogP contribution in [0.25, 0.3) is 0 Å². The fourth-order valence-corrected chi connectivity index (χ4v) is 0.874. The molecule has 0 aliphatic carbocycles. The van der Waals surface area contributed by atoms with E-state index >= 15 is 0 Å². The number of hydrogen-bond donors (Lipinski definition) is 1. The molecule has 2 N–H and O–H groups in total. The van der Waals surface area contributed by atoms with Crippen molar-refractivity contribution in [3.8, 4) is 0 Å². The van der Waals surface area contributed by atoms with Gasteiger partial charge in [-0.25, -0.2) is 8.78 Å². The maximum atomic E-state index is 12.7. The number of halogens is 2. The third-order valence-electron chi connectivity index (χ3n) is 1.37. The Labute approximate surface area is 63.8 Å². The first-order valence-corrected chi connectivity index (χ1v) is 3.33. The molecule has 1 atom stereocenters. The topological polar surface area (TPSA) is 26.0 Å². The molecule has 3 heteroatoms. The second-order valence-electron chi connectivity index (χ2n) is 2.31. The summed E-state index contributed by atoms with van der Waals surface area (Å²) in [5, 5.41) is 0. The smallest absolute Gasteiger partial charge is 0.152 e. The first kappa shape index (κ1) is 8.14. The van der Waals surface area contributed by atoms with E-state index in [0.29, 0.717) is 5.56 Å². The highest BCUT2D eigenvalue weighted by Crippen LogP contribution is 2.08. The van der Waals surface area contributed by atoms with E-state index in [0.717, 1.165) is 0 Å². The summed E-state index contributed by atoms with van der Waals surface area (Å²) in [6, 6.07) is 6.02. The summed E-state index contributed by atoms with van der Waals surface area (Å²) < 4.78 is 24.9. The van der Waals surface area contributed by atoms with Crippen molar-refractivity contribution in [2.75, 3.05) is 0 Å². The molecular weight excluding hydrogens is 148 g/mol. The van der Waals surface area contributed by atoms with Crippen LogP contribution in [0.2, 0.25) is 0 Å². The molecule has 0 fully saturated rings. The Hall–Kier alpha value is -0.960. The highest BCUT2D eigenvalue weighted by atomic mass is 19.1. The molecule has 1 unspecified atom stereocenters. The Morgan fingerprint density at radius 1 is 1.36 bits per heavy atom. The van der Waals surface area contributed by atoms with Crippen LogP contribution in [0, 0.1) is 5.82 Å². The first-order chi connectivity index (χ1) is 5.20. The summed E-state index contributed by atoms with van der Waals surface area (Å²) in [5.74, 6) is -0.402. The number of alkyl halides is 1. The Morgan fingerprint density at radius 3 is 2.55 bits per heavy atom. The Kier molecular flexibility index (Phi) is 2.54. The van der Waals surface area contributed by atoms with Crippen molar-refractivity contribution >= 4 is 0 Å². The molecule has 0 aromatic heterocycles. The van der Waals surface area contributed by atoms with Gasteiger partial charge in [0.2, 0.25) is 0 Å². The van der Waals surface area contributed by atoms with Gasteiger partial charge in [-0.1, -0.05) is 18.2 Å². The van der Waals surface area contributed by atoms with Crippen LogP contribution in [0.5, 0.6) is 0 Å². The van der Waals surface area contributed by atoms with E-state index in [1.807, 2.05) is 0 Å². The third kappa shape index (κ3) is 2.27. The fraction of sp³-hybridized carbons (Fsp3) is 0.250. The summed E-state index contributed by atoms with van der Waals surface area (Å²) in [6.07, 6.45) is -1.54. The van der Waals surface area contributed by atoms with Crippen LogP contribution < -0.4 is 5.73 Å². The second kappa shape index (κ2) is 3.44. The van der Waals surface area contributed by atoms with Gasteiger partial charge in [-0.15, -0.1) is 0 Å². The van der Waals surface area contributed by atoms with Crippen LogP contribution >= 0.6 is 0 Å². The molecule has 0 amide bonds. The van der Waals surface area contributed by atoms with Crippen molar-refractivity contribution in [1.29, 1.82) is 0 Å². The van der Waals surface area contributed by atoms with Crippen LogP contribution in [-0.4, -0.2) is 6.30 Å². The van der Waals surface area contributed by atoms with Gasteiger partial charge in [-0.05, 0) is 11.6 Å². The van der Waals surface area contributed by atoms with Crippen molar-refractivity contribution < 1.29 is 8.78 Å². The highest BCUT2D eigenvalue weighted by molar-refractivity contribution is 5.17. The van der Waals surface area contributed by atoms with Gasteiger partial charge in [0.25, 0.3) is 0 Å². The minimum atomic E-state index is -1.48. The largest absolute Gasteiger partial charge is 0.301 e. The van der Waals surface area contributed by atoms with Gasteiger partial charge in [0.15, 0.2) is 6.30 Å². The highest BCUT2D eigenvalue weighted by Gasteiger charge is 2.04. The lowest BCUT2D eigenvalue weighted by molar-refractivity contribution is 0.339. The number of hydrogen-bond acceptors (Lipinski definition) is 1. The zero-order valence-electron chi connectivity index (χ0n) is 5.93. The van der Waals surface area contributed by atoms with E-state index < -0.39 is 12.1 Å². The average Bonchev–Trinajstić information content (AvgIpc) is 1.93. The van der Waals surface area contributed by atoms with Crippen LogP contribution in [0.1, 0.15) is 5.56 Å². The summed E-state index contributed by atoms with van der Waals surface area (Å²) >= 11 is 0. The SMILES string of the molecule is NC(F)Cc1ccccc1F. The van der Waals surface area contributed by atoms with Crippen molar-refractivity contribution in [1.82, 2.24) is 0 Å². The Bertz CT molecular complexity index is 235. The predicted molar refractivity (Wildman–Crippen MR) is 39.2 cm³/mol. The first-order valence-electron chi connectivity index (χ1n) is 3.33. The zero-order valence-corrected chi connectivity index (χ0v) is 5.93. The molecule has 1 aromatic rings. The standard InChI is InChI=1S/C8H9F2N/c9-7-4-2-1-3-6(7)5-8(10)11/h1-4,8H,5,11H2. The summed E-state index contributed by atoms with van der Waals surface area (Å²) in [7, 11) is 0. The maximum Gasteiger partial charge on any atom is 0.152 e. The molecule has 11 heavy (non-hydrogen) atoms. The lowest BCUT2D eigenvalue weighted by Crippen LogP contribution is -2.16. The van der Waals surface area contributed by atoms with E-state index in [2.05, 4.69) is 0 Å². The minimum absolute atomic E-state index is 0.0628. The maximum absolute atomic E-state index is 12.7. The molecule has 60 valence electrons. The Morgan fingerprint density at radius 2 is 2.00 bits per heavy atom. The molecule has 1 aromatic carbocycles. The van der Waals surface area contributed by atoms with Gasteiger partial charge in [0.05, 0.1) is 0 Å². The molecule has 0 aliphatic heterocycles. The normalized spacial score (nSPS) is 13.0. The van der Waals surface area contributed by atoms with E-state index in [9.17, 15) is 8.78 Å². The van der Waals surface area contributed by atoms with Crippen molar-refractivity contribution in [3.05, 3.63) is 35.6 Å². The molecule has 0 bridgehead atoms. The van der Waals surface area contributed by atoms with E-state index in [-0.39, 0.29) is 6.42 Å². The quantitative estimate of drug-likeness (QED) is 0.648. The Balaban J connectivity index is 2.78. The molecule has 0 saturated carbocycles. The van der Waals surface area contributed by atoms with E-state index in [4.69, 9.17) is 5.73 Å². The average molecular weight is 157 g/mol. The van der Waals surface area contributed by atoms with Crippen molar-refractivity contribution in [3.63, 3.8) is 0 Å². The summed E-state index contributed by atoms with van der Waals surface area (Å²) in [4.78, 5) is 0. The molecule has 0 spiro atoms. The second-order valence-corrected chi connectivity index (χ2v) is 2.31. The van der Waals surface area contributed by atoms with Crippen LogP contribution in [-0.2, 0) is 6.42 Å². The third-order valence-corrected chi connectivity index (χ3v) is 1.37. The molecular formula is C8H9F2N. The summed E-state index contributed by atoms with van der Waals surface area (Å²) in [5.41, 5.74) is 5.18. The molecule has 1 rings (SSSR count). The van der Waals surface area contributed by atoms with Gasteiger partial charge in [0, 0.05) is 6.42 Å². The molecule has 0 aliphatic rings. The number of nitrogens with two attached hydrogens (primary N) is 1. The lowest BCUT2D eigenvalue weighted by atomic mass is 10.1. The number of benzene rings is 1. The van der Waals surface area contributed by atoms with Gasteiger partial charge >= 0.3 is 0 Å².